The number of para-hydroxylation sites is 1. The van der Waals surface area contributed by atoms with Gasteiger partial charge in [0.1, 0.15) is 6.04 Å². The number of anilines is 1. The number of nitriles is 1. The van der Waals surface area contributed by atoms with E-state index >= 15 is 0 Å². The molecule has 4 nitrogen and oxygen atoms in total. The summed E-state index contributed by atoms with van der Waals surface area (Å²) in [5.41, 5.74) is 0.911. The van der Waals surface area contributed by atoms with Crippen LogP contribution >= 0.6 is 0 Å². The molecule has 1 fully saturated rings. The third kappa shape index (κ3) is 2.29. The summed E-state index contributed by atoms with van der Waals surface area (Å²) in [6.07, 6.45) is 0.249. The topological polar surface area (TPSA) is 47.3 Å². The molecule has 0 aromatic heterocycles. The van der Waals surface area contributed by atoms with Gasteiger partial charge in [-0.05, 0) is 19.2 Å². The molecule has 2 rings (SSSR count). The lowest BCUT2D eigenvalue weighted by molar-refractivity contribution is -0.125. The number of benzene rings is 1. The van der Waals surface area contributed by atoms with E-state index in [1.807, 2.05) is 42.3 Å². The minimum atomic E-state index is -0.311. The molecule has 88 valence electrons. The van der Waals surface area contributed by atoms with Gasteiger partial charge in [-0.2, -0.15) is 5.26 Å². The first-order valence-electron chi connectivity index (χ1n) is 5.67. The van der Waals surface area contributed by atoms with E-state index < -0.39 is 0 Å². The molecule has 0 N–H and O–H groups in total. The maximum Gasteiger partial charge on any atom is 0.245 e. The van der Waals surface area contributed by atoms with E-state index in [0.29, 0.717) is 6.54 Å². The summed E-state index contributed by atoms with van der Waals surface area (Å²) < 4.78 is 0. The molecule has 0 bridgehead atoms. The molecule has 0 aliphatic carbocycles. The van der Waals surface area contributed by atoms with Crippen molar-refractivity contribution in [1.82, 2.24) is 4.90 Å². The minimum absolute atomic E-state index is 0.0199. The number of likely N-dealkylation sites (N-methyl/N-ethyl adjacent to an activating group) is 1. The average molecular weight is 229 g/mol. The molecule has 4 heteroatoms. The van der Waals surface area contributed by atoms with Crippen LogP contribution in [0.5, 0.6) is 0 Å². The molecule has 17 heavy (non-hydrogen) atoms. The van der Waals surface area contributed by atoms with Crippen LogP contribution in [0.15, 0.2) is 30.3 Å². The fourth-order valence-electron chi connectivity index (χ4n) is 2.09. The van der Waals surface area contributed by atoms with Gasteiger partial charge in [0.25, 0.3) is 0 Å². The number of carbonyl (C=O) groups excluding carboxylic acids is 1. The van der Waals surface area contributed by atoms with E-state index in [0.717, 1.165) is 12.2 Å². The zero-order valence-corrected chi connectivity index (χ0v) is 9.84. The maximum absolute atomic E-state index is 12.3. The Morgan fingerprint density at radius 1 is 1.35 bits per heavy atom. The fourth-order valence-corrected chi connectivity index (χ4v) is 2.09. The molecule has 1 aromatic carbocycles. The highest BCUT2D eigenvalue weighted by Crippen LogP contribution is 2.20. The summed E-state index contributed by atoms with van der Waals surface area (Å²) in [6, 6.07) is 11.4. The first-order valence-corrected chi connectivity index (χ1v) is 5.67. The Hall–Kier alpha value is -1.86. The van der Waals surface area contributed by atoms with Gasteiger partial charge in [0.15, 0.2) is 0 Å². The van der Waals surface area contributed by atoms with Gasteiger partial charge in [0, 0.05) is 18.8 Å². The zero-order valence-electron chi connectivity index (χ0n) is 9.84. The minimum Gasteiger partial charge on any atom is -0.310 e. The van der Waals surface area contributed by atoms with Crippen LogP contribution in [-0.2, 0) is 4.79 Å². The van der Waals surface area contributed by atoms with Crippen LogP contribution in [-0.4, -0.2) is 37.0 Å². The largest absolute Gasteiger partial charge is 0.310 e. The van der Waals surface area contributed by atoms with Gasteiger partial charge in [-0.15, -0.1) is 0 Å². The van der Waals surface area contributed by atoms with Gasteiger partial charge in [-0.1, -0.05) is 18.2 Å². The van der Waals surface area contributed by atoms with Crippen molar-refractivity contribution in [1.29, 1.82) is 5.26 Å². The monoisotopic (exact) mass is 229 g/mol. The van der Waals surface area contributed by atoms with Crippen LogP contribution in [0.1, 0.15) is 6.42 Å². The Morgan fingerprint density at radius 3 is 2.71 bits per heavy atom. The quantitative estimate of drug-likeness (QED) is 0.766. The van der Waals surface area contributed by atoms with E-state index in [2.05, 4.69) is 6.07 Å². The molecule has 1 aromatic rings. The molecule has 0 radical (unpaired) electrons. The Bertz CT molecular complexity index is 438. The summed E-state index contributed by atoms with van der Waals surface area (Å²) in [6.45, 7) is 1.48. The third-order valence-corrected chi connectivity index (χ3v) is 3.11. The SMILES string of the molecule is CN1CCN(c2ccccc2)C(=O)C1CC#N. The number of piperazine rings is 1. The molecule has 1 saturated heterocycles. The van der Waals surface area contributed by atoms with Gasteiger partial charge in [0.2, 0.25) is 5.91 Å². The van der Waals surface area contributed by atoms with Crippen LogP contribution in [0.3, 0.4) is 0 Å². The lowest BCUT2D eigenvalue weighted by atomic mass is 10.1. The van der Waals surface area contributed by atoms with E-state index in [1.165, 1.54) is 0 Å². The standard InChI is InChI=1S/C13H15N3O/c1-15-9-10-16(11-5-3-2-4-6-11)13(17)12(15)7-8-14/h2-6,12H,7,9-10H2,1H3. The Balaban J connectivity index is 2.21. The first kappa shape index (κ1) is 11.6. The predicted octanol–water partition coefficient (Wildman–Crippen LogP) is 1.25. The van der Waals surface area contributed by atoms with Crippen LogP contribution < -0.4 is 4.90 Å². The highest BCUT2D eigenvalue weighted by molar-refractivity contribution is 5.98. The van der Waals surface area contributed by atoms with Crippen molar-refractivity contribution in [3.8, 4) is 6.07 Å². The summed E-state index contributed by atoms with van der Waals surface area (Å²) in [5, 5.41) is 8.76. The molecule has 1 unspecified atom stereocenters. The third-order valence-electron chi connectivity index (χ3n) is 3.11. The number of amides is 1. The Morgan fingerprint density at radius 2 is 2.06 bits per heavy atom. The summed E-state index contributed by atoms with van der Waals surface area (Å²) in [7, 11) is 1.89. The smallest absolute Gasteiger partial charge is 0.245 e. The van der Waals surface area contributed by atoms with Crippen molar-refractivity contribution < 1.29 is 4.79 Å². The molecule has 1 heterocycles. The van der Waals surface area contributed by atoms with Crippen molar-refractivity contribution in [3.05, 3.63) is 30.3 Å². The number of nitrogens with zero attached hydrogens (tertiary/aromatic N) is 3. The first-order chi connectivity index (χ1) is 8.24. The van der Waals surface area contributed by atoms with Crippen molar-refractivity contribution in [2.75, 3.05) is 25.0 Å². The highest BCUT2D eigenvalue weighted by Gasteiger charge is 2.32. The maximum atomic E-state index is 12.3. The molecular weight excluding hydrogens is 214 g/mol. The molecule has 1 aliphatic heterocycles. The average Bonchev–Trinajstić information content (AvgIpc) is 2.36. The van der Waals surface area contributed by atoms with Crippen molar-refractivity contribution in [3.63, 3.8) is 0 Å². The Kier molecular flexibility index (Phi) is 3.40. The second kappa shape index (κ2) is 4.98. The predicted molar refractivity (Wildman–Crippen MR) is 65.4 cm³/mol. The number of hydrogen-bond donors (Lipinski definition) is 0. The van der Waals surface area contributed by atoms with Crippen molar-refractivity contribution in [2.45, 2.75) is 12.5 Å². The summed E-state index contributed by atoms with van der Waals surface area (Å²) in [5.74, 6) is 0.0199. The number of hydrogen-bond acceptors (Lipinski definition) is 3. The van der Waals surface area contributed by atoms with Crippen LogP contribution in [0.25, 0.3) is 0 Å². The van der Waals surface area contributed by atoms with Crippen LogP contribution in [0, 0.1) is 11.3 Å². The molecule has 1 aliphatic rings. The second-order valence-corrected chi connectivity index (χ2v) is 4.18. The van der Waals surface area contributed by atoms with Gasteiger partial charge in [-0.3, -0.25) is 9.69 Å². The van der Waals surface area contributed by atoms with Crippen molar-refractivity contribution in [2.24, 2.45) is 0 Å². The molecular formula is C13H15N3O. The number of rotatable bonds is 2. The molecule has 1 amide bonds. The van der Waals surface area contributed by atoms with E-state index in [1.54, 1.807) is 4.90 Å². The van der Waals surface area contributed by atoms with E-state index in [-0.39, 0.29) is 18.4 Å². The zero-order chi connectivity index (χ0) is 12.3. The Labute approximate surface area is 101 Å². The normalized spacial score (nSPS) is 21.3. The lowest BCUT2D eigenvalue weighted by Crippen LogP contribution is -2.55. The highest BCUT2D eigenvalue weighted by atomic mass is 16.2. The summed E-state index contributed by atoms with van der Waals surface area (Å²) in [4.78, 5) is 16.0. The fraction of sp³-hybridized carbons (Fsp3) is 0.385. The molecule has 0 saturated carbocycles. The second-order valence-electron chi connectivity index (χ2n) is 4.18. The molecule has 0 spiro atoms. The van der Waals surface area contributed by atoms with Crippen LogP contribution in [0.4, 0.5) is 5.69 Å². The van der Waals surface area contributed by atoms with Gasteiger partial charge < -0.3 is 4.90 Å². The van der Waals surface area contributed by atoms with Crippen LogP contribution in [0.2, 0.25) is 0 Å². The van der Waals surface area contributed by atoms with Gasteiger partial charge >= 0.3 is 0 Å². The van der Waals surface area contributed by atoms with Gasteiger partial charge in [0.05, 0.1) is 12.5 Å². The number of carbonyl (C=O) groups is 1. The summed E-state index contributed by atoms with van der Waals surface area (Å²) >= 11 is 0. The lowest BCUT2D eigenvalue weighted by Gasteiger charge is -2.37. The van der Waals surface area contributed by atoms with E-state index in [9.17, 15) is 4.79 Å². The van der Waals surface area contributed by atoms with Crippen molar-refractivity contribution >= 4 is 11.6 Å². The molecule has 1 atom stereocenters. The van der Waals surface area contributed by atoms with E-state index in [4.69, 9.17) is 5.26 Å². The van der Waals surface area contributed by atoms with Gasteiger partial charge in [-0.25, -0.2) is 0 Å².